The zero-order valence-corrected chi connectivity index (χ0v) is 7.81. The van der Waals surface area contributed by atoms with Gasteiger partial charge < -0.3 is 5.32 Å². The van der Waals surface area contributed by atoms with Gasteiger partial charge in [0.15, 0.2) is 0 Å². The number of hydrogen-bond donors (Lipinski definition) is 1. The average molecular weight is 192 g/mol. The van der Waals surface area contributed by atoms with Gasteiger partial charge >= 0.3 is 0 Å². The molecule has 0 radical (unpaired) electrons. The lowest BCUT2D eigenvalue weighted by molar-refractivity contribution is -0.155. The molecule has 0 spiro atoms. The summed E-state index contributed by atoms with van der Waals surface area (Å²) < 4.78 is 24.8. The Kier molecular flexibility index (Phi) is 2.85. The zero-order chi connectivity index (χ0) is 10.1. The van der Waals surface area contributed by atoms with E-state index in [1.807, 2.05) is 0 Å². The summed E-state index contributed by atoms with van der Waals surface area (Å²) in [6, 6.07) is -0.445. The second-order valence-electron chi connectivity index (χ2n) is 3.33. The highest BCUT2D eigenvalue weighted by molar-refractivity contribution is 5.81. The van der Waals surface area contributed by atoms with Crippen molar-refractivity contribution in [3.05, 3.63) is 0 Å². The van der Waals surface area contributed by atoms with Gasteiger partial charge in [-0.15, -0.1) is 0 Å². The molecule has 1 heterocycles. The quantitative estimate of drug-likeness (QED) is 0.704. The zero-order valence-electron chi connectivity index (χ0n) is 7.81. The number of alkyl halides is 2. The largest absolute Gasteiger partial charge is 0.355 e. The number of carbonyl (C=O) groups excluding carboxylic acids is 1. The van der Waals surface area contributed by atoms with Crippen molar-refractivity contribution in [2.24, 2.45) is 0 Å². The van der Waals surface area contributed by atoms with Gasteiger partial charge in [-0.25, -0.2) is 8.78 Å². The van der Waals surface area contributed by atoms with Crippen LogP contribution >= 0.6 is 0 Å². The molecular formula is C8H14F2N2O. The number of rotatable bonds is 3. The Morgan fingerprint density at radius 3 is 2.54 bits per heavy atom. The van der Waals surface area contributed by atoms with E-state index in [4.69, 9.17) is 0 Å². The maximum Gasteiger partial charge on any atom is 0.272 e. The molecule has 0 aromatic carbocycles. The first-order valence-corrected chi connectivity index (χ1v) is 4.36. The molecule has 1 N–H and O–H groups in total. The summed E-state index contributed by atoms with van der Waals surface area (Å²) in [5.41, 5.74) is 0. The van der Waals surface area contributed by atoms with Crippen LogP contribution in [0.25, 0.3) is 0 Å². The molecule has 0 bridgehead atoms. The number of nitrogens with zero attached hydrogens (tertiary/aromatic N) is 1. The number of amides is 1. The molecule has 1 aliphatic rings. The van der Waals surface area contributed by atoms with E-state index in [9.17, 15) is 13.6 Å². The lowest BCUT2D eigenvalue weighted by Crippen LogP contribution is -2.62. The second kappa shape index (κ2) is 3.57. The number of likely N-dealkylation sites (tertiary alicyclic amines) is 1. The Bertz CT molecular complexity index is 200. The average Bonchev–Trinajstić information content (AvgIpc) is 1.99. The molecule has 0 saturated carbocycles. The van der Waals surface area contributed by atoms with Gasteiger partial charge in [-0.3, -0.25) is 9.69 Å². The summed E-state index contributed by atoms with van der Waals surface area (Å²) >= 11 is 0. The molecule has 13 heavy (non-hydrogen) atoms. The van der Waals surface area contributed by atoms with Crippen LogP contribution in [0.15, 0.2) is 0 Å². The summed E-state index contributed by atoms with van der Waals surface area (Å²) in [5.74, 6) is -2.78. The normalized spacial score (nSPS) is 23.4. The van der Waals surface area contributed by atoms with Gasteiger partial charge in [-0.1, -0.05) is 0 Å². The minimum atomic E-state index is -2.60. The van der Waals surface area contributed by atoms with Gasteiger partial charge in [0.2, 0.25) is 5.91 Å². The first-order valence-electron chi connectivity index (χ1n) is 4.36. The summed E-state index contributed by atoms with van der Waals surface area (Å²) in [4.78, 5) is 12.7. The van der Waals surface area contributed by atoms with Gasteiger partial charge in [0, 0.05) is 6.54 Å². The van der Waals surface area contributed by atoms with Crippen LogP contribution in [0.1, 0.15) is 13.8 Å². The van der Waals surface area contributed by atoms with E-state index in [1.54, 1.807) is 13.8 Å². The van der Waals surface area contributed by atoms with Crippen molar-refractivity contribution < 1.29 is 13.6 Å². The lowest BCUT2D eigenvalue weighted by Gasteiger charge is -2.41. The van der Waals surface area contributed by atoms with Crippen molar-refractivity contribution in [2.75, 3.05) is 19.6 Å². The fourth-order valence-corrected chi connectivity index (χ4v) is 1.31. The minimum absolute atomic E-state index is 0.182. The molecular weight excluding hydrogens is 178 g/mol. The molecule has 1 saturated heterocycles. The van der Waals surface area contributed by atoms with E-state index in [-0.39, 0.29) is 19.0 Å². The van der Waals surface area contributed by atoms with Crippen molar-refractivity contribution >= 4 is 5.91 Å². The first-order chi connectivity index (χ1) is 5.96. The van der Waals surface area contributed by atoms with Crippen molar-refractivity contribution in [3.63, 3.8) is 0 Å². The molecule has 1 rings (SSSR count). The highest BCUT2D eigenvalue weighted by Gasteiger charge is 2.46. The van der Waals surface area contributed by atoms with Crippen molar-refractivity contribution in [1.29, 1.82) is 0 Å². The molecule has 0 aromatic rings. The topological polar surface area (TPSA) is 32.3 Å². The molecule has 1 fully saturated rings. The molecule has 1 amide bonds. The summed E-state index contributed by atoms with van der Waals surface area (Å²) in [6.45, 7) is 3.37. The Balaban J connectivity index is 2.34. The van der Waals surface area contributed by atoms with Gasteiger partial charge in [0.1, 0.15) is 0 Å². The van der Waals surface area contributed by atoms with E-state index < -0.39 is 12.0 Å². The Morgan fingerprint density at radius 2 is 2.15 bits per heavy atom. The molecule has 0 aliphatic carbocycles. The van der Waals surface area contributed by atoms with Crippen LogP contribution < -0.4 is 5.32 Å². The van der Waals surface area contributed by atoms with E-state index in [1.165, 1.54) is 4.90 Å². The highest BCUT2D eigenvalue weighted by Crippen LogP contribution is 2.28. The third-order valence-corrected chi connectivity index (χ3v) is 2.15. The fourth-order valence-electron chi connectivity index (χ4n) is 1.31. The summed E-state index contributed by atoms with van der Waals surface area (Å²) in [7, 11) is 0. The standard InChI is InChI=1S/C8H14F2N2O/c1-3-11-7(13)6(2)12-4-8(9,10)5-12/h6H,3-5H2,1-2H3,(H,11,13). The van der Waals surface area contributed by atoms with E-state index >= 15 is 0 Å². The van der Waals surface area contributed by atoms with Crippen LogP contribution in [0.3, 0.4) is 0 Å². The SMILES string of the molecule is CCNC(=O)C(C)N1CC(F)(F)C1. The van der Waals surface area contributed by atoms with E-state index in [0.717, 1.165) is 0 Å². The van der Waals surface area contributed by atoms with Gasteiger partial charge in [-0.05, 0) is 13.8 Å². The number of hydrogen-bond acceptors (Lipinski definition) is 2. The van der Waals surface area contributed by atoms with E-state index in [2.05, 4.69) is 5.32 Å². The van der Waals surface area contributed by atoms with Gasteiger partial charge in [-0.2, -0.15) is 0 Å². The maximum atomic E-state index is 12.4. The van der Waals surface area contributed by atoms with Crippen molar-refractivity contribution in [2.45, 2.75) is 25.8 Å². The van der Waals surface area contributed by atoms with Crippen molar-refractivity contribution in [1.82, 2.24) is 10.2 Å². The highest BCUT2D eigenvalue weighted by atomic mass is 19.3. The first kappa shape index (κ1) is 10.4. The van der Waals surface area contributed by atoms with Crippen LogP contribution in [-0.2, 0) is 4.79 Å². The molecule has 1 atom stereocenters. The molecule has 3 nitrogen and oxygen atoms in total. The lowest BCUT2D eigenvalue weighted by atomic mass is 10.1. The number of halogens is 2. The third kappa shape index (κ3) is 2.37. The molecule has 0 aromatic heterocycles. The molecule has 1 unspecified atom stereocenters. The number of likely N-dealkylation sites (N-methyl/N-ethyl adjacent to an activating group) is 1. The second-order valence-corrected chi connectivity index (χ2v) is 3.33. The summed E-state index contributed by atoms with van der Waals surface area (Å²) in [5, 5.41) is 2.60. The smallest absolute Gasteiger partial charge is 0.272 e. The number of carbonyl (C=O) groups is 1. The van der Waals surface area contributed by atoms with Crippen LogP contribution in [0.5, 0.6) is 0 Å². The number of nitrogens with one attached hydrogen (secondary N) is 1. The van der Waals surface area contributed by atoms with E-state index in [0.29, 0.717) is 6.54 Å². The molecule has 76 valence electrons. The predicted octanol–water partition coefficient (Wildman–Crippen LogP) is 0.462. The van der Waals surface area contributed by atoms with Gasteiger partial charge in [0.25, 0.3) is 5.92 Å². The van der Waals surface area contributed by atoms with Crippen LogP contribution in [0.2, 0.25) is 0 Å². The Labute approximate surface area is 76.1 Å². The molecule has 5 heteroatoms. The van der Waals surface area contributed by atoms with Crippen LogP contribution in [0.4, 0.5) is 8.78 Å². The third-order valence-electron chi connectivity index (χ3n) is 2.15. The van der Waals surface area contributed by atoms with Crippen LogP contribution in [-0.4, -0.2) is 42.4 Å². The monoisotopic (exact) mass is 192 g/mol. The Hall–Kier alpha value is -0.710. The summed E-state index contributed by atoms with van der Waals surface area (Å²) in [6.07, 6.45) is 0. The van der Waals surface area contributed by atoms with Gasteiger partial charge in [0.05, 0.1) is 19.1 Å². The fraction of sp³-hybridized carbons (Fsp3) is 0.875. The molecule has 1 aliphatic heterocycles. The maximum absolute atomic E-state index is 12.4. The predicted molar refractivity (Wildman–Crippen MR) is 44.7 cm³/mol. The Morgan fingerprint density at radius 1 is 1.62 bits per heavy atom. The van der Waals surface area contributed by atoms with Crippen molar-refractivity contribution in [3.8, 4) is 0 Å². The minimum Gasteiger partial charge on any atom is -0.355 e. The van der Waals surface area contributed by atoms with Crippen LogP contribution in [0, 0.1) is 0 Å².